The van der Waals surface area contributed by atoms with Gasteiger partial charge in [0.05, 0.1) is 6.04 Å². The van der Waals surface area contributed by atoms with Crippen LogP contribution in [-0.2, 0) is 17.6 Å². The predicted molar refractivity (Wildman–Crippen MR) is 71.3 cm³/mol. The Morgan fingerprint density at radius 3 is 2.41 bits per heavy atom. The van der Waals surface area contributed by atoms with Gasteiger partial charge in [-0.3, -0.25) is 4.79 Å². The molecule has 1 amide bonds. The molecule has 17 heavy (non-hydrogen) atoms. The van der Waals surface area contributed by atoms with Crippen LogP contribution < -0.4 is 11.1 Å². The number of nitrogens with two attached hydrogens (primary N) is 1. The minimum Gasteiger partial charge on any atom is -0.351 e. The molecule has 0 heterocycles. The van der Waals surface area contributed by atoms with E-state index < -0.39 is 0 Å². The van der Waals surface area contributed by atoms with Crippen LogP contribution in [0.4, 0.5) is 0 Å². The Bertz CT molecular complexity index is 370. The highest BCUT2D eigenvalue weighted by atomic mass is 35.5. The molecule has 3 N–H and O–H groups in total. The van der Waals surface area contributed by atoms with Gasteiger partial charge in [-0.2, -0.15) is 0 Å². The Morgan fingerprint density at radius 2 is 1.94 bits per heavy atom. The van der Waals surface area contributed by atoms with E-state index in [1.165, 1.54) is 11.1 Å². The fourth-order valence-electron chi connectivity index (χ4n) is 2.15. The third kappa shape index (κ3) is 3.20. The van der Waals surface area contributed by atoms with Crippen LogP contribution >= 0.6 is 12.4 Å². The summed E-state index contributed by atoms with van der Waals surface area (Å²) in [7, 11) is 0. The second-order valence-corrected chi connectivity index (χ2v) is 4.40. The number of carbonyl (C=O) groups excluding carboxylic acids is 1. The molecule has 0 bridgehead atoms. The monoisotopic (exact) mass is 254 g/mol. The van der Waals surface area contributed by atoms with Crippen LogP contribution in [0.15, 0.2) is 24.3 Å². The van der Waals surface area contributed by atoms with E-state index >= 15 is 0 Å². The standard InChI is InChI=1S/C13H18N2O.ClH/c1-2-12(14)13(16)15-11-7-9-5-3-4-6-10(9)8-11;/h3-6,11-12H,2,7-8,14H2,1H3,(H,15,16);1H/t12-;/m0./s1. The van der Waals surface area contributed by atoms with E-state index in [4.69, 9.17) is 5.73 Å². The van der Waals surface area contributed by atoms with Crippen molar-refractivity contribution in [2.75, 3.05) is 0 Å². The van der Waals surface area contributed by atoms with E-state index in [0.717, 1.165) is 12.8 Å². The van der Waals surface area contributed by atoms with Gasteiger partial charge in [-0.15, -0.1) is 12.4 Å². The lowest BCUT2D eigenvalue weighted by atomic mass is 10.1. The molecule has 1 aliphatic carbocycles. The lowest BCUT2D eigenvalue weighted by molar-refractivity contribution is -0.123. The number of rotatable bonds is 3. The SMILES string of the molecule is CC[C@H](N)C(=O)NC1Cc2ccccc2C1.Cl. The smallest absolute Gasteiger partial charge is 0.237 e. The minimum absolute atomic E-state index is 0. The fourth-order valence-corrected chi connectivity index (χ4v) is 2.15. The van der Waals surface area contributed by atoms with Crippen molar-refractivity contribution in [2.24, 2.45) is 5.73 Å². The zero-order valence-electron chi connectivity index (χ0n) is 9.98. The van der Waals surface area contributed by atoms with E-state index in [1.54, 1.807) is 0 Å². The third-order valence-electron chi connectivity index (χ3n) is 3.17. The Morgan fingerprint density at radius 1 is 1.41 bits per heavy atom. The van der Waals surface area contributed by atoms with Crippen LogP contribution in [0.3, 0.4) is 0 Å². The third-order valence-corrected chi connectivity index (χ3v) is 3.17. The molecule has 0 spiro atoms. The number of nitrogens with one attached hydrogen (secondary N) is 1. The second kappa shape index (κ2) is 6.03. The van der Waals surface area contributed by atoms with E-state index in [2.05, 4.69) is 17.4 Å². The van der Waals surface area contributed by atoms with Gasteiger partial charge in [-0.25, -0.2) is 0 Å². The molecule has 0 aliphatic heterocycles. The molecule has 94 valence electrons. The minimum atomic E-state index is -0.372. The van der Waals surface area contributed by atoms with Crippen LogP contribution in [-0.4, -0.2) is 18.0 Å². The van der Waals surface area contributed by atoms with Crippen LogP contribution in [0.2, 0.25) is 0 Å². The van der Waals surface area contributed by atoms with Gasteiger partial charge in [0.1, 0.15) is 0 Å². The topological polar surface area (TPSA) is 55.1 Å². The summed E-state index contributed by atoms with van der Waals surface area (Å²) < 4.78 is 0. The number of carbonyl (C=O) groups is 1. The van der Waals surface area contributed by atoms with Crippen LogP contribution in [0.5, 0.6) is 0 Å². The van der Waals surface area contributed by atoms with Crippen molar-refractivity contribution < 1.29 is 4.79 Å². The Hall–Kier alpha value is -1.06. The summed E-state index contributed by atoms with van der Waals surface area (Å²) in [5.74, 6) is -0.0275. The first kappa shape index (κ1) is 14.0. The van der Waals surface area contributed by atoms with Gasteiger partial charge in [0.2, 0.25) is 5.91 Å². The number of fused-ring (bicyclic) bond motifs is 1. The normalized spacial score (nSPS) is 15.9. The second-order valence-electron chi connectivity index (χ2n) is 4.40. The molecule has 4 heteroatoms. The van der Waals surface area contributed by atoms with Crippen molar-refractivity contribution in [2.45, 2.75) is 38.3 Å². The molecule has 0 fully saturated rings. The first-order valence-electron chi connectivity index (χ1n) is 5.83. The van der Waals surface area contributed by atoms with Crippen molar-refractivity contribution in [3.63, 3.8) is 0 Å². The first-order chi connectivity index (χ1) is 7.70. The average Bonchev–Trinajstić information content (AvgIpc) is 2.69. The molecular weight excluding hydrogens is 236 g/mol. The maximum absolute atomic E-state index is 11.6. The van der Waals surface area contributed by atoms with Gasteiger partial charge >= 0.3 is 0 Å². The molecule has 3 nitrogen and oxygen atoms in total. The molecule has 0 saturated carbocycles. The molecule has 1 atom stereocenters. The van der Waals surface area contributed by atoms with E-state index in [-0.39, 0.29) is 30.4 Å². The molecule has 0 unspecified atom stereocenters. The fraction of sp³-hybridized carbons (Fsp3) is 0.462. The maximum atomic E-state index is 11.6. The lowest BCUT2D eigenvalue weighted by Crippen LogP contribution is -2.45. The first-order valence-corrected chi connectivity index (χ1v) is 5.83. The maximum Gasteiger partial charge on any atom is 0.237 e. The van der Waals surface area contributed by atoms with E-state index in [1.807, 2.05) is 19.1 Å². The summed E-state index contributed by atoms with van der Waals surface area (Å²) >= 11 is 0. The predicted octanol–water partition coefficient (Wildman–Crippen LogP) is 1.43. The summed E-state index contributed by atoms with van der Waals surface area (Å²) in [6, 6.07) is 8.19. The summed E-state index contributed by atoms with van der Waals surface area (Å²) in [4.78, 5) is 11.6. The number of benzene rings is 1. The molecule has 0 saturated heterocycles. The molecule has 1 aromatic rings. The highest BCUT2D eigenvalue weighted by Gasteiger charge is 2.23. The highest BCUT2D eigenvalue weighted by molar-refractivity contribution is 5.85. The number of hydrogen-bond donors (Lipinski definition) is 2. The van der Waals surface area contributed by atoms with Crippen LogP contribution in [0, 0.1) is 0 Å². The zero-order chi connectivity index (χ0) is 11.5. The Labute approximate surface area is 108 Å². The number of halogens is 1. The van der Waals surface area contributed by atoms with Gasteiger partial charge in [0, 0.05) is 6.04 Å². The van der Waals surface area contributed by atoms with Crippen molar-refractivity contribution in [3.8, 4) is 0 Å². The molecule has 0 aromatic heterocycles. The largest absolute Gasteiger partial charge is 0.351 e. The van der Waals surface area contributed by atoms with Gasteiger partial charge in [0.25, 0.3) is 0 Å². The van der Waals surface area contributed by atoms with Gasteiger partial charge in [-0.1, -0.05) is 31.2 Å². The van der Waals surface area contributed by atoms with Gasteiger partial charge in [-0.05, 0) is 30.4 Å². The molecule has 2 rings (SSSR count). The molecule has 1 aliphatic rings. The summed E-state index contributed by atoms with van der Waals surface area (Å²) in [6.07, 6.45) is 2.54. The Kier molecular flexibility index (Phi) is 4.97. The molecule has 1 aromatic carbocycles. The van der Waals surface area contributed by atoms with Crippen LogP contribution in [0.1, 0.15) is 24.5 Å². The van der Waals surface area contributed by atoms with Crippen molar-refractivity contribution in [1.29, 1.82) is 0 Å². The quantitative estimate of drug-likeness (QED) is 0.858. The molecule has 0 radical (unpaired) electrons. The highest BCUT2D eigenvalue weighted by Crippen LogP contribution is 2.21. The summed E-state index contributed by atoms with van der Waals surface area (Å²) in [5, 5.41) is 3.01. The van der Waals surface area contributed by atoms with Crippen molar-refractivity contribution in [3.05, 3.63) is 35.4 Å². The van der Waals surface area contributed by atoms with Crippen LogP contribution in [0.25, 0.3) is 0 Å². The van der Waals surface area contributed by atoms with Crippen molar-refractivity contribution in [1.82, 2.24) is 5.32 Å². The van der Waals surface area contributed by atoms with Gasteiger partial charge < -0.3 is 11.1 Å². The average molecular weight is 255 g/mol. The van der Waals surface area contributed by atoms with E-state index in [0.29, 0.717) is 6.42 Å². The Balaban J connectivity index is 0.00000144. The van der Waals surface area contributed by atoms with Crippen molar-refractivity contribution >= 4 is 18.3 Å². The zero-order valence-corrected chi connectivity index (χ0v) is 10.8. The summed E-state index contributed by atoms with van der Waals surface area (Å²) in [5.41, 5.74) is 8.38. The lowest BCUT2D eigenvalue weighted by Gasteiger charge is -2.15. The summed E-state index contributed by atoms with van der Waals surface area (Å²) in [6.45, 7) is 1.92. The van der Waals surface area contributed by atoms with E-state index in [9.17, 15) is 4.79 Å². The number of hydrogen-bond acceptors (Lipinski definition) is 2. The molecular formula is C13H19ClN2O. The number of amides is 1. The van der Waals surface area contributed by atoms with Gasteiger partial charge in [0.15, 0.2) is 0 Å².